The minimum Gasteiger partial charge on any atom is -0.468 e. The average molecular weight is 384 g/mol. The molecule has 1 atom stereocenters. The number of furan rings is 1. The fourth-order valence-corrected chi connectivity index (χ4v) is 3.12. The molecule has 28 heavy (non-hydrogen) atoms. The second kappa shape index (κ2) is 8.26. The highest BCUT2D eigenvalue weighted by molar-refractivity contribution is 6.07. The molecule has 1 saturated heterocycles. The van der Waals surface area contributed by atoms with Gasteiger partial charge in [-0.1, -0.05) is 30.3 Å². The summed E-state index contributed by atoms with van der Waals surface area (Å²) in [4.78, 5) is 39.0. The van der Waals surface area contributed by atoms with Crippen LogP contribution in [0.4, 0.5) is 4.79 Å². The van der Waals surface area contributed by atoms with Crippen LogP contribution in [0.5, 0.6) is 0 Å². The summed E-state index contributed by atoms with van der Waals surface area (Å²) >= 11 is 0. The van der Waals surface area contributed by atoms with Crippen LogP contribution in [0.1, 0.15) is 24.7 Å². The van der Waals surface area contributed by atoms with Gasteiger partial charge in [-0.3, -0.25) is 19.9 Å². The van der Waals surface area contributed by atoms with Crippen LogP contribution in [0, 0.1) is 0 Å². The second-order valence-electron chi connectivity index (χ2n) is 7.18. The molecule has 2 heterocycles. The summed E-state index contributed by atoms with van der Waals surface area (Å²) < 4.78 is 5.24. The van der Waals surface area contributed by atoms with Crippen molar-refractivity contribution in [3.63, 3.8) is 0 Å². The Morgan fingerprint density at radius 1 is 1.21 bits per heavy atom. The zero-order valence-electron chi connectivity index (χ0n) is 16.0. The van der Waals surface area contributed by atoms with Crippen molar-refractivity contribution in [1.82, 2.24) is 20.7 Å². The van der Waals surface area contributed by atoms with Crippen LogP contribution in [0.3, 0.4) is 0 Å². The molecule has 148 valence electrons. The Hall–Kier alpha value is -3.13. The van der Waals surface area contributed by atoms with Crippen molar-refractivity contribution < 1.29 is 18.8 Å². The number of hydrogen-bond acceptors (Lipinski definition) is 5. The lowest BCUT2D eigenvalue weighted by Crippen LogP contribution is -2.51. The zero-order valence-corrected chi connectivity index (χ0v) is 16.0. The summed E-state index contributed by atoms with van der Waals surface area (Å²) in [7, 11) is 1.75. The van der Waals surface area contributed by atoms with Gasteiger partial charge in [0, 0.05) is 0 Å². The first-order valence-corrected chi connectivity index (χ1v) is 9.08. The van der Waals surface area contributed by atoms with Crippen LogP contribution in [0.15, 0.2) is 53.1 Å². The normalized spacial score (nSPS) is 19.2. The number of imide groups is 1. The lowest BCUT2D eigenvalue weighted by Gasteiger charge is -2.22. The van der Waals surface area contributed by atoms with Gasteiger partial charge in [0.05, 0.1) is 19.4 Å². The van der Waals surface area contributed by atoms with Crippen molar-refractivity contribution in [1.29, 1.82) is 0 Å². The van der Waals surface area contributed by atoms with Crippen LogP contribution >= 0.6 is 0 Å². The van der Waals surface area contributed by atoms with E-state index in [1.54, 1.807) is 31.2 Å². The van der Waals surface area contributed by atoms with E-state index < -0.39 is 23.4 Å². The molecule has 1 unspecified atom stereocenters. The number of hydrogen-bond donors (Lipinski definition) is 2. The molecule has 2 aromatic rings. The monoisotopic (exact) mass is 384 g/mol. The highest BCUT2D eigenvalue weighted by Gasteiger charge is 2.48. The van der Waals surface area contributed by atoms with Gasteiger partial charge in [-0.2, -0.15) is 5.01 Å². The fraction of sp³-hybridized carbons (Fsp3) is 0.350. The van der Waals surface area contributed by atoms with Crippen molar-refractivity contribution in [3.05, 3.63) is 60.1 Å². The Morgan fingerprint density at radius 3 is 2.64 bits per heavy atom. The molecule has 3 rings (SSSR count). The van der Waals surface area contributed by atoms with E-state index in [4.69, 9.17) is 4.42 Å². The zero-order chi connectivity index (χ0) is 20.1. The molecule has 2 N–H and O–H groups in total. The lowest BCUT2D eigenvalue weighted by atomic mass is 9.93. The molecule has 0 saturated carbocycles. The van der Waals surface area contributed by atoms with E-state index in [9.17, 15) is 14.4 Å². The first kappa shape index (κ1) is 19.6. The summed E-state index contributed by atoms with van der Waals surface area (Å²) in [6, 6.07) is 12.7. The molecular formula is C20H24N4O4. The molecule has 1 aromatic carbocycles. The number of benzene rings is 1. The maximum absolute atomic E-state index is 12.7. The minimum atomic E-state index is -1.06. The smallest absolute Gasteiger partial charge is 0.344 e. The molecule has 1 aliphatic heterocycles. The molecule has 8 nitrogen and oxygen atoms in total. The quantitative estimate of drug-likeness (QED) is 0.676. The van der Waals surface area contributed by atoms with Gasteiger partial charge >= 0.3 is 6.03 Å². The van der Waals surface area contributed by atoms with E-state index in [0.29, 0.717) is 19.4 Å². The van der Waals surface area contributed by atoms with E-state index >= 15 is 0 Å². The van der Waals surface area contributed by atoms with Crippen molar-refractivity contribution in [2.24, 2.45) is 0 Å². The van der Waals surface area contributed by atoms with E-state index in [1.165, 1.54) is 0 Å². The number of rotatable bonds is 8. The predicted octanol–water partition coefficient (Wildman–Crippen LogP) is 1.69. The summed E-state index contributed by atoms with van der Waals surface area (Å²) in [6.45, 7) is 2.12. The SMILES string of the molecule is CN(CC(=O)NN1C(=O)NC(C)(CCc2ccccc2)C1=O)Cc1ccco1. The predicted molar refractivity (Wildman–Crippen MR) is 102 cm³/mol. The Bertz CT molecular complexity index is 837. The van der Waals surface area contributed by atoms with Crippen LogP contribution in [0.2, 0.25) is 0 Å². The molecule has 4 amide bonds. The van der Waals surface area contributed by atoms with Crippen LogP contribution in [0.25, 0.3) is 0 Å². The lowest BCUT2D eigenvalue weighted by molar-refractivity contribution is -0.139. The third-order valence-corrected chi connectivity index (χ3v) is 4.67. The number of amides is 4. The number of hydrazine groups is 1. The number of urea groups is 1. The van der Waals surface area contributed by atoms with E-state index in [0.717, 1.165) is 16.3 Å². The van der Waals surface area contributed by atoms with Crippen molar-refractivity contribution in [2.45, 2.75) is 31.8 Å². The first-order valence-electron chi connectivity index (χ1n) is 9.08. The highest BCUT2D eigenvalue weighted by Crippen LogP contribution is 2.22. The Balaban J connectivity index is 1.54. The average Bonchev–Trinajstić information content (AvgIpc) is 3.23. The molecule has 0 bridgehead atoms. The topological polar surface area (TPSA) is 94.9 Å². The summed E-state index contributed by atoms with van der Waals surface area (Å²) in [5.74, 6) is -0.195. The van der Waals surface area contributed by atoms with Gasteiger partial charge in [0.1, 0.15) is 11.3 Å². The number of nitrogens with zero attached hydrogens (tertiary/aromatic N) is 2. The third-order valence-electron chi connectivity index (χ3n) is 4.67. The Kier molecular flexibility index (Phi) is 5.79. The standard InChI is InChI=1S/C20H24N4O4/c1-20(11-10-15-7-4-3-5-8-15)18(26)24(19(27)21-20)22-17(25)14-23(2)13-16-9-6-12-28-16/h3-9,12H,10-11,13-14H2,1-2H3,(H,21,27)(H,22,25). The maximum atomic E-state index is 12.7. The molecule has 1 aliphatic rings. The number of carbonyl (C=O) groups excluding carboxylic acids is 3. The number of aryl methyl sites for hydroxylation is 1. The maximum Gasteiger partial charge on any atom is 0.344 e. The first-order chi connectivity index (χ1) is 13.4. The van der Waals surface area contributed by atoms with Crippen LogP contribution in [-0.4, -0.2) is 46.9 Å². The molecular weight excluding hydrogens is 360 g/mol. The van der Waals surface area contributed by atoms with Gasteiger partial charge in [-0.05, 0) is 44.5 Å². The third kappa shape index (κ3) is 4.58. The molecule has 1 aromatic heterocycles. The summed E-state index contributed by atoms with van der Waals surface area (Å²) in [6.07, 6.45) is 2.64. The molecule has 1 fully saturated rings. The summed E-state index contributed by atoms with van der Waals surface area (Å²) in [5.41, 5.74) is 2.42. The molecule has 0 radical (unpaired) electrons. The minimum absolute atomic E-state index is 0.0124. The molecule has 0 aliphatic carbocycles. The summed E-state index contributed by atoms with van der Waals surface area (Å²) in [5, 5.41) is 3.46. The second-order valence-corrected chi connectivity index (χ2v) is 7.18. The van der Waals surface area contributed by atoms with Crippen LogP contribution < -0.4 is 10.7 Å². The van der Waals surface area contributed by atoms with Gasteiger partial charge in [0.15, 0.2) is 0 Å². The van der Waals surface area contributed by atoms with Crippen molar-refractivity contribution in [3.8, 4) is 0 Å². The van der Waals surface area contributed by atoms with Gasteiger partial charge in [-0.25, -0.2) is 4.79 Å². The van der Waals surface area contributed by atoms with Gasteiger partial charge < -0.3 is 9.73 Å². The van der Waals surface area contributed by atoms with Gasteiger partial charge in [-0.15, -0.1) is 0 Å². The largest absolute Gasteiger partial charge is 0.468 e. The van der Waals surface area contributed by atoms with E-state index in [1.807, 2.05) is 36.4 Å². The Morgan fingerprint density at radius 2 is 1.96 bits per heavy atom. The number of carbonyl (C=O) groups is 3. The van der Waals surface area contributed by atoms with Crippen molar-refractivity contribution >= 4 is 17.8 Å². The highest BCUT2D eigenvalue weighted by atomic mass is 16.3. The number of likely N-dealkylation sites (N-methyl/N-ethyl adjacent to an activating group) is 1. The fourth-order valence-electron chi connectivity index (χ4n) is 3.12. The van der Waals surface area contributed by atoms with Crippen LogP contribution in [-0.2, 0) is 22.6 Å². The molecule has 0 spiro atoms. The van der Waals surface area contributed by atoms with E-state index in [2.05, 4.69) is 10.7 Å². The van der Waals surface area contributed by atoms with Crippen molar-refractivity contribution in [2.75, 3.05) is 13.6 Å². The number of nitrogens with one attached hydrogen (secondary N) is 2. The van der Waals surface area contributed by atoms with Gasteiger partial charge in [0.25, 0.3) is 11.8 Å². The molecule has 8 heteroatoms. The Labute approximate surface area is 163 Å². The van der Waals surface area contributed by atoms with E-state index in [-0.39, 0.29) is 6.54 Å². The van der Waals surface area contributed by atoms with Gasteiger partial charge in [0.2, 0.25) is 0 Å².